The molecule has 0 spiro atoms. The number of halogens is 1. The lowest BCUT2D eigenvalue weighted by molar-refractivity contribution is 0.404. The predicted molar refractivity (Wildman–Crippen MR) is 85.1 cm³/mol. The zero-order valence-electron chi connectivity index (χ0n) is 11.2. The largest absolute Gasteiger partial charge is 0.496 e. The van der Waals surface area contributed by atoms with Crippen LogP contribution in [0.5, 0.6) is 5.75 Å². The molecule has 0 bridgehead atoms. The first kappa shape index (κ1) is 14.6. The van der Waals surface area contributed by atoms with Gasteiger partial charge in [0.25, 0.3) is 0 Å². The molecule has 0 saturated carbocycles. The van der Waals surface area contributed by atoms with Crippen molar-refractivity contribution < 1.29 is 4.74 Å². The van der Waals surface area contributed by atoms with Gasteiger partial charge in [0.05, 0.1) is 13.2 Å². The van der Waals surface area contributed by atoms with Crippen molar-refractivity contribution in [3.63, 3.8) is 0 Å². The van der Waals surface area contributed by atoms with Crippen LogP contribution >= 0.6 is 27.3 Å². The van der Waals surface area contributed by atoms with Crippen LogP contribution in [-0.4, -0.2) is 13.7 Å². The van der Waals surface area contributed by atoms with Gasteiger partial charge in [0.2, 0.25) is 0 Å². The predicted octanol–water partition coefficient (Wildman–Crippen LogP) is 4.61. The Hall–Kier alpha value is -0.840. The normalized spacial score (nSPS) is 12.4. The first-order chi connectivity index (χ1) is 9.26. The Morgan fingerprint density at radius 2 is 2.16 bits per heavy atom. The molecular weight excluding hydrogens is 322 g/mol. The van der Waals surface area contributed by atoms with E-state index < -0.39 is 0 Å². The summed E-state index contributed by atoms with van der Waals surface area (Å²) in [5.41, 5.74) is 1.19. The first-order valence-corrected chi connectivity index (χ1v) is 8.03. The van der Waals surface area contributed by atoms with Gasteiger partial charge in [0.1, 0.15) is 5.75 Å². The average Bonchev–Trinajstić information content (AvgIpc) is 2.86. The van der Waals surface area contributed by atoms with Gasteiger partial charge in [0.15, 0.2) is 0 Å². The van der Waals surface area contributed by atoms with E-state index in [2.05, 4.69) is 51.7 Å². The maximum atomic E-state index is 5.49. The fourth-order valence-electron chi connectivity index (χ4n) is 2.04. The summed E-state index contributed by atoms with van der Waals surface area (Å²) < 4.78 is 6.62. The fourth-order valence-corrected chi connectivity index (χ4v) is 3.57. The second kappa shape index (κ2) is 7.08. The maximum Gasteiger partial charge on any atom is 0.124 e. The molecule has 0 radical (unpaired) electrons. The van der Waals surface area contributed by atoms with Gasteiger partial charge < -0.3 is 10.1 Å². The molecule has 0 aliphatic carbocycles. The molecule has 1 N–H and O–H groups in total. The summed E-state index contributed by atoms with van der Waals surface area (Å²) in [4.78, 5) is 1.30. The van der Waals surface area contributed by atoms with Gasteiger partial charge in [-0.3, -0.25) is 0 Å². The molecule has 102 valence electrons. The molecule has 19 heavy (non-hydrogen) atoms. The summed E-state index contributed by atoms with van der Waals surface area (Å²) in [7, 11) is 1.72. The minimum absolute atomic E-state index is 0.187. The van der Waals surface area contributed by atoms with Crippen molar-refractivity contribution in [2.45, 2.75) is 19.4 Å². The standard InChI is InChI=1S/C15H18BrNOS/c1-3-8-17-15(14-9-11(16)10-19-14)12-6-4-5-7-13(12)18-2/h4-7,9-10,15,17H,3,8H2,1-2H3. The van der Waals surface area contributed by atoms with E-state index in [-0.39, 0.29) is 6.04 Å². The molecule has 4 heteroatoms. The smallest absolute Gasteiger partial charge is 0.124 e. The molecule has 1 unspecified atom stereocenters. The SMILES string of the molecule is CCCNC(c1cc(Br)cs1)c1ccccc1OC. The van der Waals surface area contributed by atoms with E-state index in [0.717, 1.165) is 23.2 Å². The quantitative estimate of drug-likeness (QED) is 0.829. The summed E-state index contributed by atoms with van der Waals surface area (Å²) in [6.07, 6.45) is 1.11. The summed E-state index contributed by atoms with van der Waals surface area (Å²) in [6, 6.07) is 10.6. The van der Waals surface area contributed by atoms with Crippen LogP contribution in [0.15, 0.2) is 40.2 Å². The third-order valence-electron chi connectivity index (χ3n) is 2.92. The molecule has 1 atom stereocenters. The number of hydrogen-bond acceptors (Lipinski definition) is 3. The number of nitrogens with one attached hydrogen (secondary N) is 1. The zero-order chi connectivity index (χ0) is 13.7. The second-order valence-corrected chi connectivity index (χ2v) is 6.15. The lowest BCUT2D eigenvalue weighted by atomic mass is 10.0. The highest BCUT2D eigenvalue weighted by Crippen LogP contribution is 2.34. The molecule has 1 aromatic carbocycles. The summed E-state index contributed by atoms with van der Waals surface area (Å²) in [5.74, 6) is 0.931. The number of benzene rings is 1. The zero-order valence-corrected chi connectivity index (χ0v) is 13.6. The number of para-hydroxylation sites is 1. The van der Waals surface area contributed by atoms with Gasteiger partial charge in [-0.05, 0) is 41.0 Å². The molecule has 0 fully saturated rings. The van der Waals surface area contributed by atoms with Crippen LogP contribution in [0, 0.1) is 0 Å². The fraction of sp³-hybridized carbons (Fsp3) is 0.333. The van der Waals surface area contributed by atoms with Crippen LogP contribution in [0.3, 0.4) is 0 Å². The average molecular weight is 340 g/mol. The van der Waals surface area contributed by atoms with E-state index >= 15 is 0 Å². The molecule has 2 aromatic rings. The van der Waals surface area contributed by atoms with Gasteiger partial charge in [-0.25, -0.2) is 0 Å². The van der Waals surface area contributed by atoms with Crippen molar-refractivity contribution in [2.24, 2.45) is 0 Å². The van der Waals surface area contributed by atoms with Crippen molar-refractivity contribution >= 4 is 27.3 Å². The van der Waals surface area contributed by atoms with Crippen molar-refractivity contribution in [3.05, 3.63) is 50.6 Å². The second-order valence-electron chi connectivity index (χ2n) is 4.30. The van der Waals surface area contributed by atoms with Gasteiger partial charge in [-0.2, -0.15) is 0 Å². The van der Waals surface area contributed by atoms with Crippen molar-refractivity contribution in [1.29, 1.82) is 0 Å². The highest BCUT2D eigenvalue weighted by Gasteiger charge is 2.18. The monoisotopic (exact) mass is 339 g/mol. The molecule has 0 amide bonds. The Balaban J connectivity index is 2.36. The van der Waals surface area contributed by atoms with E-state index in [1.54, 1.807) is 18.4 Å². The molecule has 2 rings (SSSR count). The summed E-state index contributed by atoms with van der Waals surface area (Å²) in [5, 5.41) is 5.72. The highest BCUT2D eigenvalue weighted by molar-refractivity contribution is 9.10. The number of rotatable bonds is 6. The maximum absolute atomic E-state index is 5.49. The topological polar surface area (TPSA) is 21.3 Å². The minimum Gasteiger partial charge on any atom is -0.496 e. The van der Waals surface area contributed by atoms with E-state index in [1.807, 2.05) is 12.1 Å². The van der Waals surface area contributed by atoms with Crippen LogP contribution in [0.2, 0.25) is 0 Å². The molecule has 0 aliphatic rings. The Kier molecular flexibility index (Phi) is 5.43. The number of thiophene rings is 1. The molecular formula is C15H18BrNOS. The van der Waals surface area contributed by atoms with Crippen LogP contribution in [0.4, 0.5) is 0 Å². The van der Waals surface area contributed by atoms with Crippen LogP contribution < -0.4 is 10.1 Å². The first-order valence-electron chi connectivity index (χ1n) is 6.36. The third kappa shape index (κ3) is 3.59. The molecule has 1 aromatic heterocycles. The van der Waals surface area contributed by atoms with E-state index in [9.17, 15) is 0 Å². The Labute approximate surface area is 126 Å². The Morgan fingerprint density at radius 1 is 1.37 bits per heavy atom. The number of hydrogen-bond donors (Lipinski definition) is 1. The molecule has 2 nitrogen and oxygen atoms in total. The Morgan fingerprint density at radius 3 is 2.79 bits per heavy atom. The summed E-state index contributed by atoms with van der Waals surface area (Å²) >= 11 is 5.29. The van der Waals surface area contributed by atoms with Crippen molar-refractivity contribution in [2.75, 3.05) is 13.7 Å². The summed E-state index contributed by atoms with van der Waals surface area (Å²) in [6.45, 7) is 3.16. The lowest BCUT2D eigenvalue weighted by Gasteiger charge is -2.20. The van der Waals surface area contributed by atoms with Crippen LogP contribution in [0.1, 0.15) is 29.8 Å². The molecule has 1 heterocycles. The highest BCUT2D eigenvalue weighted by atomic mass is 79.9. The van der Waals surface area contributed by atoms with Gasteiger partial charge in [-0.1, -0.05) is 25.1 Å². The van der Waals surface area contributed by atoms with Crippen LogP contribution in [0.25, 0.3) is 0 Å². The molecule has 0 aliphatic heterocycles. The van der Waals surface area contributed by atoms with Gasteiger partial charge >= 0.3 is 0 Å². The van der Waals surface area contributed by atoms with E-state index in [1.165, 1.54) is 10.4 Å². The minimum atomic E-state index is 0.187. The number of methoxy groups -OCH3 is 1. The van der Waals surface area contributed by atoms with Crippen LogP contribution in [-0.2, 0) is 0 Å². The third-order valence-corrected chi connectivity index (χ3v) is 4.68. The van der Waals surface area contributed by atoms with E-state index in [4.69, 9.17) is 4.74 Å². The number of ether oxygens (including phenoxy) is 1. The van der Waals surface area contributed by atoms with Gasteiger partial charge in [-0.15, -0.1) is 11.3 Å². The Bertz CT molecular complexity index is 526. The lowest BCUT2D eigenvalue weighted by Crippen LogP contribution is -2.22. The van der Waals surface area contributed by atoms with Gasteiger partial charge in [0, 0.05) is 20.3 Å². The van der Waals surface area contributed by atoms with Crippen molar-refractivity contribution in [1.82, 2.24) is 5.32 Å². The van der Waals surface area contributed by atoms with Crippen molar-refractivity contribution in [3.8, 4) is 5.75 Å². The van der Waals surface area contributed by atoms with E-state index in [0.29, 0.717) is 0 Å². The molecule has 0 saturated heterocycles.